The summed E-state index contributed by atoms with van der Waals surface area (Å²) in [5.74, 6) is 1.08. The lowest BCUT2D eigenvalue weighted by Crippen LogP contribution is -2.11. The summed E-state index contributed by atoms with van der Waals surface area (Å²) < 4.78 is 12.5. The molecule has 0 aliphatic carbocycles. The predicted octanol–water partition coefficient (Wildman–Crippen LogP) is 3.77. The second-order valence-electron chi connectivity index (χ2n) is 6.68. The van der Waals surface area contributed by atoms with Gasteiger partial charge in [-0.15, -0.1) is 0 Å². The summed E-state index contributed by atoms with van der Waals surface area (Å²) in [6.45, 7) is 1.93. The van der Waals surface area contributed by atoms with E-state index in [4.69, 9.17) is 9.47 Å². The highest BCUT2D eigenvalue weighted by molar-refractivity contribution is 6.01. The Balaban J connectivity index is 1.53. The van der Waals surface area contributed by atoms with Gasteiger partial charge in [0.05, 0.1) is 31.3 Å². The van der Waals surface area contributed by atoms with Crippen molar-refractivity contribution in [2.45, 2.75) is 6.92 Å². The minimum Gasteiger partial charge on any atom is -0.493 e. The fourth-order valence-corrected chi connectivity index (χ4v) is 3.25. The zero-order valence-electron chi connectivity index (χ0n) is 17.4. The van der Waals surface area contributed by atoms with Crippen LogP contribution in [0.4, 0.5) is 5.95 Å². The summed E-state index contributed by atoms with van der Waals surface area (Å²) >= 11 is 0. The van der Waals surface area contributed by atoms with Gasteiger partial charge in [0.15, 0.2) is 11.5 Å². The monoisotopic (exact) mass is 415 g/mol. The number of ether oxygens (including phenoxy) is 2. The first-order chi connectivity index (χ1) is 15.1. The van der Waals surface area contributed by atoms with Gasteiger partial charge in [0.25, 0.3) is 5.91 Å². The maximum absolute atomic E-state index is 12.4. The molecule has 4 aromatic rings. The lowest BCUT2D eigenvalue weighted by atomic mass is 10.2. The van der Waals surface area contributed by atoms with Crippen molar-refractivity contribution in [2.24, 2.45) is 0 Å². The topological polar surface area (TPSA) is 90.6 Å². The molecule has 3 aromatic heterocycles. The van der Waals surface area contributed by atoms with Crippen LogP contribution in [-0.4, -0.2) is 39.5 Å². The molecule has 0 atom stereocenters. The number of pyridine rings is 1. The van der Waals surface area contributed by atoms with Gasteiger partial charge in [0.2, 0.25) is 5.95 Å². The second kappa shape index (κ2) is 8.66. The van der Waals surface area contributed by atoms with Crippen molar-refractivity contribution >= 4 is 23.6 Å². The fraction of sp³-hybridized carbons (Fsp3) is 0.130. The molecular weight excluding hydrogens is 394 g/mol. The molecule has 31 heavy (non-hydrogen) atoms. The van der Waals surface area contributed by atoms with Crippen molar-refractivity contribution in [3.05, 3.63) is 72.2 Å². The smallest absolute Gasteiger partial charge is 0.250 e. The van der Waals surface area contributed by atoms with Crippen LogP contribution in [0.3, 0.4) is 0 Å². The molecular formula is C23H21N5O3. The number of methoxy groups -OCH3 is 2. The quantitative estimate of drug-likeness (QED) is 0.482. The number of fused-ring (bicyclic) bond motifs is 1. The molecule has 8 heteroatoms. The first-order valence-corrected chi connectivity index (χ1v) is 9.57. The number of imidazole rings is 1. The number of anilines is 1. The molecule has 156 valence electrons. The van der Waals surface area contributed by atoms with E-state index in [-0.39, 0.29) is 11.9 Å². The van der Waals surface area contributed by atoms with Gasteiger partial charge in [-0.3, -0.25) is 14.5 Å². The summed E-state index contributed by atoms with van der Waals surface area (Å²) in [6, 6.07) is 13.0. The molecule has 0 fully saturated rings. The lowest BCUT2D eigenvalue weighted by molar-refractivity contribution is -0.111. The number of aryl methyl sites for hydroxylation is 1. The Labute approximate surface area is 179 Å². The highest BCUT2D eigenvalue weighted by atomic mass is 16.5. The van der Waals surface area contributed by atoms with Crippen LogP contribution in [-0.2, 0) is 4.79 Å². The number of nitrogens with one attached hydrogen (secondary N) is 1. The second-order valence-corrected chi connectivity index (χ2v) is 6.68. The van der Waals surface area contributed by atoms with Gasteiger partial charge in [-0.25, -0.2) is 15.0 Å². The van der Waals surface area contributed by atoms with E-state index in [9.17, 15) is 4.79 Å². The molecule has 8 nitrogen and oxygen atoms in total. The zero-order chi connectivity index (χ0) is 21.8. The average Bonchev–Trinajstić information content (AvgIpc) is 3.13. The molecule has 1 amide bonds. The van der Waals surface area contributed by atoms with Crippen LogP contribution in [0.1, 0.15) is 11.3 Å². The Morgan fingerprint density at radius 3 is 2.71 bits per heavy atom. The molecule has 0 spiro atoms. The van der Waals surface area contributed by atoms with Gasteiger partial charge >= 0.3 is 0 Å². The van der Waals surface area contributed by atoms with E-state index < -0.39 is 0 Å². The van der Waals surface area contributed by atoms with Crippen molar-refractivity contribution in [3.8, 4) is 22.9 Å². The third-order valence-electron chi connectivity index (χ3n) is 4.67. The van der Waals surface area contributed by atoms with Gasteiger partial charge < -0.3 is 9.47 Å². The van der Waals surface area contributed by atoms with E-state index in [0.29, 0.717) is 17.2 Å². The summed E-state index contributed by atoms with van der Waals surface area (Å²) in [5.41, 5.74) is 4.00. The molecule has 0 aliphatic heterocycles. The van der Waals surface area contributed by atoms with Crippen molar-refractivity contribution in [3.63, 3.8) is 0 Å². The number of hydrogen-bond donors (Lipinski definition) is 1. The minimum atomic E-state index is -0.346. The fourth-order valence-electron chi connectivity index (χ4n) is 3.25. The number of benzene rings is 1. The molecule has 4 rings (SSSR count). The van der Waals surface area contributed by atoms with Crippen molar-refractivity contribution < 1.29 is 14.3 Å². The Bertz CT molecular complexity index is 1280. The van der Waals surface area contributed by atoms with E-state index in [1.807, 2.05) is 41.8 Å². The third-order valence-corrected chi connectivity index (χ3v) is 4.67. The number of hydrogen-bond acceptors (Lipinski definition) is 6. The number of carbonyl (C=O) groups excluding carboxylic acids is 1. The first-order valence-electron chi connectivity index (χ1n) is 9.57. The molecule has 1 N–H and O–H groups in total. The van der Waals surface area contributed by atoms with E-state index in [1.54, 1.807) is 44.7 Å². The van der Waals surface area contributed by atoms with Crippen LogP contribution < -0.4 is 14.8 Å². The van der Waals surface area contributed by atoms with Gasteiger partial charge in [-0.05, 0) is 48.9 Å². The summed E-state index contributed by atoms with van der Waals surface area (Å²) in [7, 11) is 3.14. The summed E-state index contributed by atoms with van der Waals surface area (Å²) in [6.07, 6.45) is 6.63. The number of nitrogens with zero attached hydrogens (tertiary/aromatic N) is 4. The highest BCUT2D eigenvalue weighted by Crippen LogP contribution is 2.28. The number of carbonyl (C=O) groups is 1. The number of amides is 1. The van der Waals surface area contributed by atoms with Crippen molar-refractivity contribution in [1.82, 2.24) is 19.4 Å². The Morgan fingerprint density at radius 2 is 1.90 bits per heavy atom. The van der Waals surface area contributed by atoms with E-state index >= 15 is 0 Å². The molecule has 0 saturated heterocycles. The maximum Gasteiger partial charge on any atom is 0.250 e. The minimum absolute atomic E-state index is 0.213. The number of rotatable bonds is 6. The van der Waals surface area contributed by atoms with E-state index in [1.165, 1.54) is 6.08 Å². The maximum atomic E-state index is 12.4. The van der Waals surface area contributed by atoms with Crippen LogP contribution in [0.5, 0.6) is 11.5 Å². The lowest BCUT2D eigenvalue weighted by Gasteiger charge is -2.07. The van der Waals surface area contributed by atoms with E-state index in [0.717, 1.165) is 22.6 Å². The summed E-state index contributed by atoms with van der Waals surface area (Å²) in [5, 5.41) is 2.70. The first kappa shape index (κ1) is 20.1. The Hall–Kier alpha value is -4.20. The molecule has 1 aromatic carbocycles. The van der Waals surface area contributed by atoms with Gasteiger partial charge in [-0.1, -0.05) is 12.1 Å². The molecule has 3 heterocycles. The van der Waals surface area contributed by atoms with E-state index in [2.05, 4.69) is 20.3 Å². The van der Waals surface area contributed by atoms with Crippen LogP contribution in [0.25, 0.3) is 23.1 Å². The molecule has 0 unspecified atom stereocenters. The standard InChI is InChI=1S/C23H21N5O3/c1-15-22(28-13-5-4-6-20(28)25-15)17-11-12-24-23(26-17)27-21(29)10-8-16-7-9-18(30-2)19(14-16)31-3/h4-14H,1-3H3,(H,24,26,27,29)/b10-8+. The van der Waals surface area contributed by atoms with Crippen LogP contribution in [0, 0.1) is 6.92 Å². The molecule has 0 aliphatic rings. The van der Waals surface area contributed by atoms with Gasteiger partial charge in [0.1, 0.15) is 5.65 Å². The highest BCUT2D eigenvalue weighted by Gasteiger charge is 2.13. The molecule has 0 bridgehead atoms. The zero-order valence-corrected chi connectivity index (χ0v) is 17.4. The van der Waals surface area contributed by atoms with Crippen LogP contribution in [0.2, 0.25) is 0 Å². The number of aromatic nitrogens is 4. The largest absolute Gasteiger partial charge is 0.493 e. The van der Waals surface area contributed by atoms with Gasteiger partial charge in [0, 0.05) is 18.5 Å². The SMILES string of the molecule is COc1ccc(/C=C/C(=O)Nc2nccc(-c3c(C)nc4ccccn34)n2)cc1OC. The third kappa shape index (κ3) is 4.23. The normalized spacial score (nSPS) is 11.1. The van der Waals surface area contributed by atoms with Crippen LogP contribution >= 0.6 is 0 Å². The molecule has 0 saturated carbocycles. The van der Waals surface area contributed by atoms with Crippen molar-refractivity contribution in [2.75, 3.05) is 19.5 Å². The molecule has 0 radical (unpaired) electrons. The van der Waals surface area contributed by atoms with Crippen molar-refractivity contribution in [1.29, 1.82) is 0 Å². The Kier molecular flexibility index (Phi) is 5.61. The summed E-state index contributed by atoms with van der Waals surface area (Å²) in [4.78, 5) is 25.6. The van der Waals surface area contributed by atoms with Crippen LogP contribution in [0.15, 0.2) is 60.9 Å². The predicted molar refractivity (Wildman–Crippen MR) is 118 cm³/mol. The van der Waals surface area contributed by atoms with Gasteiger partial charge in [-0.2, -0.15) is 0 Å². The average molecular weight is 415 g/mol. The Morgan fingerprint density at radius 1 is 1.06 bits per heavy atom.